The van der Waals surface area contributed by atoms with E-state index >= 15 is 0 Å². The number of hydrogen-bond donors (Lipinski definition) is 1. The fraction of sp³-hybridized carbons (Fsp3) is 0.938. The smallest absolute Gasteiger partial charge is 0.326 e. The minimum Gasteiger partial charge on any atom is -0.465 e. The minimum atomic E-state index is -0.612. The van der Waals surface area contributed by atoms with E-state index in [9.17, 15) is 4.79 Å². The van der Waals surface area contributed by atoms with E-state index in [2.05, 4.69) is 24.2 Å². The van der Waals surface area contributed by atoms with E-state index in [-0.39, 0.29) is 12.1 Å². The van der Waals surface area contributed by atoms with Gasteiger partial charge in [0.1, 0.15) is 5.54 Å². The SMILES string of the molecule is CCCNC(C)(CCN(C)CCOC(C)C)C(=O)OCC. The van der Waals surface area contributed by atoms with Gasteiger partial charge in [-0.05, 0) is 54.1 Å². The van der Waals surface area contributed by atoms with E-state index in [1.165, 1.54) is 0 Å². The lowest BCUT2D eigenvalue weighted by atomic mass is 9.97. The molecule has 0 amide bonds. The highest BCUT2D eigenvalue weighted by Gasteiger charge is 2.33. The molecular formula is C16H34N2O3. The third-order valence-corrected chi connectivity index (χ3v) is 3.41. The summed E-state index contributed by atoms with van der Waals surface area (Å²) >= 11 is 0. The molecule has 5 heteroatoms. The van der Waals surface area contributed by atoms with Crippen LogP contribution in [0.1, 0.15) is 47.5 Å². The van der Waals surface area contributed by atoms with Gasteiger partial charge in [0.25, 0.3) is 0 Å². The molecule has 0 bridgehead atoms. The molecule has 126 valence electrons. The van der Waals surface area contributed by atoms with E-state index in [4.69, 9.17) is 9.47 Å². The van der Waals surface area contributed by atoms with Gasteiger partial charge >= 0.3 is 5.97 Å². The molecule has 0 aromatic heterocycles. The maximum atomic E-state index is 12.2. The fourth-order valence-electron chi connectivity index (χ4n) is 1.92. The third kappa shape index (κ3) is 9.06. The molecule has 0 spiro atoms. The van der Waals surface area contributed by atoms with Crippen LogP contribution in [0.5, 0.6) is 0 Å². The molecule has 1 unspecified atom stereocenters. The maximum Gasteiger partial charge on any atom is 0.326 e. The largest absolute Gasteiger partial charge is 0.465 e. The molecule has 21 heavy (non-hydrogen) atoms. The van der Waals surface area contributed by atoms with Crippen molar-refractivity contribution in [3.8, 4) is 0 Å². The van der Waals surface area contributed by atoms with E-state index < -0.39 is 5.54 Å². The number of nitrogens with zero attached hydrogens (tertiary/aromatic N) is 1. The number of hydrogen-bond acceptors (Lipinski definition) is 5. The Morgan fingerprint density at radius 3 is 2.48 bits per heavy atom. The maximum absolute atomic E-state index is 12.2. The molecule has 0 saturated heterocycles. The Bertz CT molecular complexity index is 285. The molecule has 0 aliphatic rings. The van der Waals surface area contributed by atoms with Gasteiger partial charge in [0, 0.05) is 13.1 Å². The Balaban J connectivity index is 4.30. The average molecular weight is 302 g/mol. The van der Waals surface area contributed by atoms with Crippen LogP contribution in [0.2, 0.25) is 0 Å². The molecule has 1 N–H and O–H groups in total. The van der Waals surface area contributed by atoms with Gasteiger partial charge in [-0.25, -0.2) is 0 Å². The summed E-state index contributed by atoms with van der Waals surface area (Å²) in [4.78, 5) is 14.3. The number of esters is 1. The molecule has 0 rings (SSSR count). The molecule has 5 nitrogen and oxygen atoms in total. The molecule has 0 aliphatic heterocycles. The number of carbonyl (C=O) groups is 1. The van der Waals surface area contributed by atoms with Gasteiger partial charge in [0.05, 0.1) is 19.3 Å². The molecule has 0 heterocycles. The second-order valence-electron chi connectivity index (χ2n) is 5.95. The highest BCUT2D eigenvalue weighted by atomic mass is 16.5. The van der Waals surface area contributed by atoms with Crippen LogP contribution in [0.4, 0.5) is 0 Å². The van der Waals surface area contributed by atoms with Gasteiger partial charge < -0.3 is 19.7 Å². The first-order chi connectivity index (χ1) is 9.85. The summed E-state index contributed by atoms with van der Waals surface area (Å²) in [5, 5.41) is 3.33. The van der Waals surface area contributed by atoms with Crippen molar-refractivity contribution in [3.05, 3.63) is 0 Å². The zero-order valence-corrected chi connectivity index (χ0v) is 14.7. The highest BCUT2D eigenvalue weighted by Crippen LogP contribution is 2.13. The Kier molecular flexibility index (Phi) is 10.6. The standard InChI is InChI=1S/C16H34N2O3/c1-7-10-17-16(5,15(19)20-8-2)9-11-18(6)12-13-21-14(3)4/h14,17H,7-13H2,1-6H3. The van der Waals surface area contributed by atoms with Crippen molar-refractivity contribution in [1.29, 1.82) is 0 Å². The van der Waals surface area contributed by atoms with Gasteiger partial charge in [0.2, 0.25) is 0 Å². The second kappa shape index (κ2) is 11.0. The summed E-state index contributed by atoms with van der Waals surface area (Å²) in [6.07, 6.45) is 1.98. The minimum absolute atomic E-state index is 0.162. The van der Waals surface area contributed by atoms with Crippen LogP contribution in [0.3, 0.4) is 0 Å². The Labute approximate surface area is 130 Å². The van der Waals surface area contributed by atoms with Gasteiger partial charge in [-0.2, -0.15) is 0 Å². The van der Waals surface area contributed by atoms with E-state index in [0.717, 1.165) is 32.5 Å². The molecular weight excluding hydrogens is 268 g/mol. The zero-order chi connectivity index (χ0) is 16.3. The number of ether oxygens (including phenoxy) is 2. The summed E-state index contributed by atoms with van der Waals surface area (Å²) in [5.41, 5.74) is -0.612. The third-order valence-electron chi connectivity index (χ3n) is 3.41. The van der Waals surface area contributed by atoms with Crippen molar-refractivity contribution < 1.29 is 14.3 Å². The van der Waals surface area contributed by atoms with Gasteiger partial charge in [-0.1, -0.05) is 6.92 Å². The molecule has 0 aromatic carbocycles. The predicted molar refractivity (Wildman–Crippen MR) is 86.5 cm³/mol. The van der Waals surface area contributed by atoms with Crippen molar-refractivity contribution in [3.63, 3.8) is 0 Å². The normalized spacial score (nSPS) is 14.5. The first kappa shape index (κ1) is 20.3. The van der Waals surface area contributed by atoms with Crippen LogP contribution < -0.4 is 5.32 Å². The topological polar surface area (TPSA) is 50.8 Å². The summed E-state index contributed by atoms with van der Waals surface area (Å²) in [5.74, 6) is -0.162. The summed E-state index contributed by atoms with van der Waals surface area (Å²) < 4.78 is 10.8. The quantitative estimate of drug-likeness (QED) is 0.559. The first-order valence-corrected chi connectivity index (χ1v) is 8.08. The van der Waals surface area contributed by atoms with Crippen molar-refractivity contribution in [2.24, 2.45) is 0 Å². The lowest BCUT2D eigenvalue weighted by Crippen LogP contribution is -2.52. The summed E-state index contributed by atoms with van der Waals surface area (Å²) in [6.45, 7) is 13.6. The average Bonchev–Trinajstić information content (AvgIpc) is 2.42. The van der Waals surface area contributed by atoms with Crippen LogP contribution >= 0.6 is 0 Å². The lowest BCUT2D eigenvalue weighted by Gasteiger charge is -2.30. The van der Waals surface area contributed by atoms with Crippen LogP contribution in [0, 0.1) is 0 Å². The predicted octanol–water partition coefficient (Wildman–Crippen LogP) is 2.05. The molecule has 0 fully saturated rings. The fourth-order valence-corrected chi connectivity index (χ4v) is 1.92. The van der Waals surface area contributed by atoms with Gasteiger partial charge in [-0.15, -0.1) is 0 Å². The second-order valence-corrected chi connectivity index (χ2v) is 5.95. The molecule has 1 atom stereocenters. The monoisotopic (exact) mass is 302 g/mol. The van der Waals surface area contributed by atoms with Crippen molar-refractivity contribution in [2.45, 2.75) is 59.1 Å². The molecule has 0 saturated carbocycles. The summed E-state index contributed by atoms with van der Waals surface area (Å²) in [6, 6.07) is 0. The van der Waals surface area contributed by atoms with Crippen LogP contribution in [-0.2, 0) is 14.3 Å². The van der Waals surface area contributed by atoms with Gasteiger partial charge in [0.15, 0.2) is 0 Å². The number of carbonyl (C=O) groups excluding carboxylic acids is 1. The highest BCUT2D eigenvalue weighted by molar-refractivity contribution is 5.80. The van der Waals surface area contributed by atoms with Crippen molar-refractivity contribution in [2.75, 3.05) is 39.9 Å². The zero-order valence-electron chi connectivity index (χ0n) is 14.7. The number of rotatable bonds is 12. The Hall–Kier alpha value is -0.650. The van der Waals surface area contributed by atoms with E-state index in [1.54, 1.807) is 0 Å². The van der Waals surface area contributed by atoms with E-state index in [1.807, 2.05) is 27.7 Å². The van der Waals surface area contributed by atoms with Crippen molar-refractivity contribution in [1.82, 2.24) is 10.2 Å². The van der Waals surface area contributed by atoms with Gasteiger partial charge in [-0.3, -0.25) is 4.79 Å². The molecule has 0 aliphatic carbocycles. The summed E-state index contributed by atoms with van der Waals surface area (Å²) in [7, 11) is 2.05. The van der Waals surface area contributed by atoms with Crippen LogP contribution in [-0.4, -0.2) is 62.4 Å². The van der Waals surface area contributed by atoms with E-state index in [0.29, 0.717) is 13.2 Å². The first-order valence-electron chi connectivity index (χ1n) is 8.08. The van der Waals surface area contributed by atoms with Crippen LogP contribution in [0.25, 0.3) is 0 Å². The Morgan fingerprint density at radius 2 is 1.95 bits per heavy atom. The lowest BCUT2D eigenvalue weighted by molar-refractivity contribution is -0.151. The van der Waals surface area contributed by atoms with Crippen LogP contribution in [0.15, 0.2) is 0 Å². The van der Waals surface area contributed by atoms with Crippen molar-refractivity contribution >= 4 is 5.97 Å². The Morgan fingerprint density at radius 1 is 1.29 bits per heavy atom. The number of nitrogens with one attached hydrogen (secondary N) is 1. The molecule has 0 radical (unpaired) electrons. The molecule has 0 aromatic rings. The number of likely N-dealkylation sites (N-methyl/N-ethyl adjacent to an activating group) is 1.